The van der Waals surface area contributed by atoms with Crippen LogP contribution >= 0.6 is 11.3 Å². The molecule has 0 unspecified atom stereocenters. The summed E-state index contributed by atoms with van der Waals surface area (Å²) in [6, 6.07) is 14.4. The maximum absolute atomic E-state index is 12.5. The highest BCUT2D eigenvalue weighted by Crippen LogP contribution is 2.30. The predicted octanol–water partition coefficient (Wildman–Crippen LogP) is 4.12. The van der Waals surface area contributed by atoms with Crippen molar-refractivity contribution < 1.29 is 23.7 Å². The maximum atomic E-state index is 12.5. The molecular weight excluding hydrogens is 456 g/mol. The Morgan fingerprint density at radius 3 is 2.32 bits per heavy atom. The highest BCUT2D eigenvalue weighted by atomic mass is 32.1. The smallest absolute Gasteiger partial charge is 0.268 e. The second-order valence-corrected chi connectivity index (χ2v) is 7.80. The Balaban J connectivity index is 1.63. The van der Waals surface area contributed by atoms with Crippen molar-refractivity contribution in [3.8, 4) is 29.1 Å². The molecular formula is C24H24N4O5S. The molecule has 1 amide bonds. The van der Waals surface area contributed by atoms with E-state index in [0.717, 1.165) is 11.4 Å². The fourth-order valence-electron chi connectivity index (χ4n) is 2.86. The zero-order valence-electron chi connectivity index (χ0n) is 19.0. The Morgan fingerprint density at radius 2 is 1.71 bits per heavy atom. The van der Waals surface area contributed by atoms with Crippen LogP contribution in [0.5, 0.6) is 23.0 Å². The van der Waals surface area contributed by atoms with Crippen molar-refractivity contribution >= 4 is 28.5 Å². The Hall–Kier alpha value is -4.10. The van der Waals surface area contributed by atoms with Crippen molar-refractivity contribution in [2.24, 2.45) is 0 Å². The van der Waals surface area contributed by atoms with E-state index in [4.69, 9.17) is 18.9 Å². The lowest BCUT2D eigenvalue weighted by molar-refractivity contribution is -0.112. The van der Waals surface area contributed by atoms with E-state index in [1.807, 2.05) is 37.3 Å². The van der Waals surface area contributed by atoms with E-state index in [1.54, 1.807) is 25.3 Å². The molecule has 0 bridgehead atoms. The van der Waals surface area contributed by atoms with Gasteiger partial charge in [-0.2, -0.15) is 5.26 Å². The number of aromatic nitrogens is 2. The summed E-state index contributed by atoms with van der Waals surface area (Å²) in [6.07, 6.45) is 2.18. The Kier molecular flexibility index (Phi) is 8.82. The molecule has 176 valence electrons. The van der Waals surface area contributed by atoms with Gasteiger partial charge in [0.2, 0.25) is 5.13 Å². The van der Waals surface area contributed by atoms with Crippen molar-refractivity contribution in [2.45, 2.75) is 13.3 Å². The minimum absolute atomic E-state index is 0.0748. The number of nitrogens with zero attached hydrogens (tertiary/aromatic N) is 3. The third kappa shape index (κ3) is 6.46. The molecule has 34 heavy (non-hydrogen) atoms. The number of nitrogens with one attached hydrogen (secondary N) is 1. The van der Waals surface area contributed by atoms with Gasteiger partial charge in [-0.3, -0.25) is 10.1 Å². The lowest BCUT2D eigenvalue weighted by Gasteiger charge is -2.13. The fraction of sp³-hybridized carbons (Fsp3) is 0.250. The molecule has 3 rings (SSSR count). The van der Waals surface area contributed by atoms with Crippen LogP contribution in [-0.4, -0.2) is 43.5 Å². The van der Waals surface area contributed by atoms with Gasteiger partial charge in [-0.1, -0.05) is 36.5 Å². The maximum Gasteiger partial charge on any atom is 0.268 e. The normalized spacial score (nSPS) is 10.8. The van der Waals surface area contributed by atoms with Gasteiger partial charge in [0, 0.05) is 0 Å². The molecule has 0 aliphatic rings. The molecule has 0 saturated heterocycles. The number of benzene rings is 2. The van der Waals surface area contributed by atoms with Crippen LogP contribution in [-0.2, 0) is 11.2 Å². The molecule has 0 radical (unpaired) electrons. The first-order chi connectivity index (χ1) is 16.6. The number of hydrogen-bond acceptors (Lipinski definition) is 9. The lowest BCUT2D eigenvalue weighted by atomic mass is 10.1. The van der Waals surface area contributed by atoms with Crippen molar-refractivity contribution in [2.75, 3.05) is 32.8 Å². The largest absolute Gasteiger partial charge is 0.493 e. The quantitative estimate of drug-likeness (QED) is 0.248. The van der Waals surface area contributed by atoms with Crippen molar-refractivity contribution in [3.05, 3.63) is 58.6 Å². The summed E-state index contributed by atoms with van der Waals surface area (Å²) in [6.45, 7) is 2.52. The molecule has 3 aromatic rings. The first-order valence-electron chi connectivity index (χ1n) is 10.4. The Bertz CT molecular complexity index is 1200. The summed E-state index contributed by atoms with van der Waals surface area (Å²) in [4.78, 5) is 12.5. The van der Waals surface area contributed by atoms with Gasteiger partial charge < -0.3 is 18.9 Å². The molecule has 0 aliphatic heterocycles. The van der Waals surface area contributed by atoms with Crippen LogP contribution in [0.15, 0.2) is 48.0 Å². The molecule has 0 fully saturated rings. The third-order valence-corrected chi connectivity index (χ3v) is 5.50. The summed E-state index contributed by atoms with van der Waals surface area (Å²) in [5.74, 6) is 1.68. The van der Waals surface area contributed by atoms with Gasteiger partial charge in [0.25, 0.3) is 5.91 Å². The van der Waals surface area contributed by atoms with Gasteiger partial charge >= 0.3 is 0 Å². The van der Waals surface area contributed by atoms with Gasteiger partial charge in [0.1, 0.15) is 29.9 Å². The van der Waals surface area contributed by atoms with E-state index < -0.39 is 5.91 Å². The summed E-state index contributed by atoms with van der Waals surface area (Å²) in [5.41, 5.74) is 0.530. The number of ether oxygens (including phenoxy) is 4. The van der Waals surface area contributed by atoms with E-state index in [1.165, 1.54) is 24.5 Å². The van der Waals surface area contributed by atoms with Crippen LogP contribution in [0.4, 0.5) is 5.13 Å². The number of amides is 1. The van der Waals surface area contributed by atoms with E-state index >= 15 is 0 Å². The standard InChI is InChI=1S/C24H24N4O5S/c1-4-22-27-28-24(34-22)26-23(29)17(15-25)13-16-9-10-20(21(14-16)31-3)33-12-11-32-19-8-6-5-7-18(19)30-2/h5-10,13-14H,4,11-12H2,1-3H3,(H,26,28,29). The van der Waals surface area contributed by atoms with Crippen LogP contribution in [0.2, 0.25) is 0 Å². The molecule has 0 aliphatic carbocycles. The van der Waals surface area contributed by atoms with Gasteiger partial charge in [-0.05, 0) is 42.3 Å². The number of aryl methyl sites for hydroxylation is 1. The molecule has 1 N–H and O–H groups in total. The highest BCUT2D eigenvalue weighted by molar-refractivity contribution is 7.15. The van der Waals surface area contributed by atoms with E-state index in [-0.39, 0.29) is 12.2 Å². The average Bonchev–Trinajstić information content (AvgIpc) is 3.33. The SMILES string of the molecule is CCc1nnc(NC(=O)C(C#N)=Cc2ccc(OCCOc3ccccc3OC)c(OC)c2)s1. The molecule has 9 nitrogen and oxygen atoms in total. The summed E-state index contributed by atoms with van der Waals surface area (Å²) >= 11 is 1.27. The number of para-hydroxylation sites is 2. The number of hydrogen-bond donors (Lipinski definition) is 1. The first-order valence-corrected chi connectivity index (χ1v) is 11.2. The summed E-state index contributed by atoms with van der Waals surface area (Å²) in [7, 11) is 3.10. The molecule has 0 saturated carbocycles. The number of methoxy groups -OCH3 is 2. The predicted molar refractivity (Wildman–Crippen MR) is 128 cm³/mol. The topological polar surface area (TPSA) is 116 Å². The molecule has 0 spiro atoms. The number of rotatable bonds is 11. The highest BCUT2D eigenvalue weighted by Gasteiger charge is 2.14. The van der Waals surface area contributed by atoms with Crippen LogP contribution in [0, 0.1) is 11.3 Å². The molecule has 0 atom stereocenters. The monoisotopic (exact) mass is 480 g/mol. The summed E-state index contributed by atoms with van der Waals surface area (Å²) < 4.78 is 22.2. The fourth-order valence-corrected chi connectivity index (χ4v) is 3.54. The number of carbonyl (C=O) groups excluding carboxylic acids is 1. The van der Waals surface area contributed by atoms with Gasteiger partial charge in [-0.15, -0.1) is 10.2 Å². The molecule has 1 aromatic heterocycles. The average molecular weight is 481 g/mol. The molecule has 10 heteroatoms. The Morgan fingerprint density at radius 1 is 1.03 bits per heavy atom. The minimum Gasteiger partial charge on any atom is -0.493 e. The van der Waals surface area contributed by atoms with Crippen LogP contribution in [0.3, 0.4) is 0 Å². The third-order valence-electron chi connectivity index (χ3n) is 4.52. The van der Waals surface area contributed by atoms with Crippen molar-refractivity contribution in [3.63, 3.8) is 0 Å². The Labute approximate surface area is 201 Å². The minimum atomic E-state index is -0.561. The second kappa shape index (κ2) is 12.2. The first kappa shape index (κ1) is 24.5. The van der Waals surface area contributed by atoms with Crippen molar-refractivity contribution in [1.29, 1.82) is 5.26 Å². The van der Waals surface area contributed by atoms with E-state index in [9.17, 15) is 10.1 Å². The van der Waals surface area contributed by atoms with Gasteiger partial charge in [0.05, 0.1) is 14.2 Å². The van der Waals surface area contributed by atoms with Crippen LogP contribution in [0.25, 0.3) is 6.08 Å². The molecule has 2 aromatic carbocycles. The lowest BCUT2D eigenvalue weighted by Crippen LogP contribution is -2.13. The van der Waals surface area contributed by atoms with E-state index in [0.29, 0.717) is 40.3 Å². The van der Waals surface area contributed by atoms with E-state index in [2.05, 4.69) is 15.5 Å². The number of anilines is 1. The second-order valence-electron chi connectivity index (χ2n) is 6.74. The van der Waals surface area contributed by atoms with Crippen LogP contribution < -0.4 is 24.3 Å². The summed E-state index contributed by atoms with van der Waals surface area (Å²) in [5, 5.41) is 21.0. The van der Waals surface area contributed by atoms with Crippen LogP contribution in [0.1, 0.15) is 17.5 Å². The number of nitriles is 1. The van der Waals surface area contributed by atoms with Gasteiger partial charge in [-0.25, -0.2) is 0 Å². The van der Waals surface area contributed by atoms with Crippen molar-refractivity contribution in [1.82, 2.24) is 10.2 Å². The van der Waals surface area contributed by atoms with Gasteiger partial charge in [0.15, 0.2) is 23.0 Å². The molecule has 1 heterocycles. The zero-order valence-corrected chi connectivity index (χ0v) is 19.8. The number of carbonyl (C=O) groups is 1. The zero-order chi connectivity index (χ0) is 24.3.